The van der Waals surface area contributed by atoms with Crippen LogP contribution in [0.1, 0.15) is 45.1 Å². The van der Waals surface area contributed by atoms with Crippen LogP contribution in [0, 0.1) is 11.8 Å². The Bertz CT molecular complexity index is 1070. The lowest BCUT2D eigenvalue weighted by Gasteiger charge is -2.38. The van der Waals surface area contributed by atoms with E-state index in [-0.39, 0.29) is 36.3 Å². The molecule has 1 fully saturated rings. The number of guanidine groups is 1. The highest BCUT2D eigenvalue weighted by Gasteiger charge is 2.39. The van der Waals surface area contributed by atoms with Crippen LogP contribution < -0.4 is 21.5 Å². The molecule has 7 N–H and O–H groups in total. The first-order chi connectivity index (χ1) is 16.5. The highest BCUT2D eigenvalue weighted by Crippen LogP contribution is 2.31. The molecule has 35 heavy (non-hydrogen) atoms. The van der Waals surface area contributed by atoms with Gasteiger partial charge in [0.25, 0.3) is 0 Å². The number of carbonyl (C=O) groups is 2. The van der Waals surface area contributed by atoms with E-state index in [1.54, 1.807) is 6.07 Å². The second-order valence-corrected chi connectivity index (χ2v) is 11.3. The molecule has 1 saturated heterocycles. The van der Waals surface area contributed by atoms with Gasteiger partial charge in [-0.2, -0.15) is 4.72 Å². The molecule has 194 valence electrons. The summed E-state index contributed by atoms with van der Waals surface area (Å²) in [5, 5.41) is 12.9. The Morgan fingerprint density at radius 3 is 2.71 bits per heavy atom. The van der Waals surface area contributed by atoms with Crippen LogP contribution in [0.2, 0.25) is 0 Å². The Balaban J connectivity index is 1.88. The van der Waals surface area contributed by atoms with Gasteiger partial charge in [0.05, 0.1) is 5.69 Å². The SMILES string of the molecule is CC1CN[13c]2[13c]([13cH][13cH][13cH][13c]2S(=O)(=O)N[C@@H](CCCN=C(N)N)C(=O)N2CC[C@@H](C)C[C@@H]2C(=O)O)C1. The lowest BCUT2D eigenvalue weighted by atomic mass is 9.91. The fourth-order valence-corrected chi connectivity index (χ4v) is 6.17. The van der Waals surface area contributed by atoms with Gasteiger partial charge in [0, 0.05) is 19.6 Å². The molecule has 2 aliphatic rings. The fourth-order valence-electron chi connectivity index (χ4n) is 4.72. The number of aliphatic imine (C=N–C) groups is 1. The van der Waals surface area contributed by atoms with Gasteiger partial charge in [-0.15, -0.1) is 0 Å². The Morgan fingerprint density at radius 2 is 2.03 bits per heavy atom. The zero-order valence-electron chi connectivity index (χ0n) is 20.2. The molecule has 11 nitrogen and oxygen atoms in total. The van der Waals surface area contributed by atoms with Crippen molar-refractivity contribution in [2.24, 2.45) is 28.3 Å². The summed E-state index contributed by atoms with van der Waals surface area (Å²) < 4.78 is 29.5. The number of hydrogen-bond acceptors (Lipinski definition) is 6. The maximum absolute atomic E-state index is 13.5. The third-order valence-electron chi connectivity index (χ3n) is 6.57. The van der Waals surface area contributed by atoms with Gasteiger partial charge in [-0.3, -0.25) is 9.79 Å². The number of fused-ring (bicyclic) bond motifs is 1. The molecule has 0 saturated carbocycles. The van der Waals surface area contributed by atoms with Crippen molar-refractivity contribution < 1.29 is 23.1 Å². The van der Waals surface area contributed by atoms with Crippen molar-refractivity contribution in [3.05, 3.63) is 23.8 Å². The number of benzene rings is 1. The van der Waals surface area contributed by atoms with Gasteiger partial charge in [-0.1, -0.05) is 26.0 Å². The molecule has 1 aromatic carbocycles. The first-order valence-corrected chi connectivity index (χ1v) is 13.4. The van der Waals surface area contributed by atoms with Crippen LogP contribution in [0.4, 0.5) is 5.69 Å². The van der Waals surface area contributed by atoms with Crippen molar-refractivity contribution in [2.45, 2.75) is 62.9 Å². The van der Waals surface area contributed by atoms with Crippen LogP contribution >= 0.6 is 0 Å². The third-order valence-corrected chi connectivity index (χ3v) is 8.09. The lowest BCUT2D eigenvalue weighted by molar-refractivity contribution is -0.153. The Labute approximate surface area is 206 Å². The summed E-state index contributed by atoms with van der Waals surface area (Å²) in [6.45, 7) is 5.14. The molecular weight excluding hydrogens is 478 g/mol. The first-order valence-electron chi connectivity index (χ1n) is 12.0. The maximum atomic E-state index is 13.5. The molecule has 3 rings (SSSR count). The van der Waals surface area contributed by atoms with Crippen LogP contribution in [0.5, 0.6) is 0 Å². The Kier molecular flexibility index (Phi) is 8.60. The van der Waals surface area contributed by atoms with E-state index < -0.39 is 34.0 Å². The van der Waals surface area contributed by atoms with Gasteiger partial charge in [0.15, 0.2) is 5.96 Å². The number of para-hydroxylation sites is 1. The van der Waals surface area contributed by atoms with Gasteiger partial charge in [0.2, 0.25) is 15.9 Å². The second-order valence-electron chi connectivity index (χ2n) is 9.62. The summed E-state index contributed by atoms with van der Waals surface area (Å²) in [6.07, 6.45) is 2.17. The van der Waals surface area contributed by atoms with Gasteiger partial charge < -0.3 is 26.8 Å². The van der Waals surface area contributed by atoms with Crippen molar-refractivity contribution >= 4 is 33.5 Å². The Morgan fingerprint density at radius 1 is 1.29 bits per heavy atom. The summed E-state index contributed by atoms with van der Waals surface area (Å²) in [5.41, 5.74) is 12.2. The molecular formula is C23H36N6O5S. The molecule has 0 aliphatic carbocycles. The normalized spacial score (nSPS) is 23.0. The van der Waals surface area contributed by atoms with E-state index in [9.17, 15) is 23.1 Å². The zero-order valence-corrected chi connectivity index (χ0v) is 21.1. The van der Waals surface area contributed by atoms with Gasteiger partial charge in [-0.25, -0.2) is 13.2 Å². The van der Waals surface area contributed by atoms with E-state index in [1.807, 2.05) is 13.0 Å². The first kappa shape index (κ1) is 26.7. The summed E-state index contributed by atoms with van der Waals surface area (Å²) in [7, 11) is -4.10. The van der Waals surface area contributed by atoms with E-state index in [4.69, 9.17) is 11.5 Å². The second kappa shape index (κ2) is 11.3. The Hall–Kier alpha value is -2.86. The minimum absolute atomic E-state index is 0.0750. The highest BCUT2D eigenvalue weighted by molar-refractivity contribution is 7.89. The van der Waals surface area contributed by atoms with Crippen molar-refractivity contribution in [1.82, 2.24) is 9.62 Å². The van der Waals surface area contributed by atoms with E-state index in [0.717, 1.165) is 12.0 Å². The van der Waals surface area contributed by atoms with Crippen LogP contribution in [0.15, 0.2) is 28.1 Å². The number of carboxylic acids is 1. The van der Waals surface area contributed by atoms with Gasteiger partial charge in [-0.05, 0) is 55.6 Å². The minimum atomic E-state index is -4.10. The number of nitrogens with one attached hydrogen (secondary N) is 2. The molecule has 2 heterocycles. The van der Waals surface area contributed by atoms with Crippen LogP contribution in [0.25, 0.3) is 0 Å². The number of amides is 1. The fraction of sp³-hybridized carbons (Fsp3) is 0.609. The summed E-state index contributed by atoms with van der Waals surface area (Å²) in [5.74, 6) is -1.22. The molecule has 0 aromatic heterocycles. The van der Waals surface area contributed by atoms with Gasteiger partial charge >= 0.3 is 5.97 Å². The maximum Gasteiger partial charge on any atom is 0.326 e. The topological polar surface area (TPSA) is 180 Å². The molecule has 4 atom stereocenters. The quantitative estimate of drug-likeness (QED) is 0.181. The van der Waals surface area contributed by atoms with E-state index >= 15 is 0 Å². The van der Waals surface area contributed by atoms with Crippen molar-refractivity contribution in [3.63, 3.8) is 0 Å². The number of hydrogen-bond donors (Lipinski definition) is 5. The molecule has 0 radical (unpaired) electrons. The minimum Gasteiger partial charge on any atom is -0.480 e. The number of nitrogens with two attached hydrogens (primary N) is 2. The van der Waals surface area contributed by atoms with Crippen molar-refractivity contribution in [3.8, 4) is 0 Å². The van der Waals surface area contributed by atoms with Gasteiger partial charge in [0.1, 0.15) is 17.0 Å². The number of piperidine rings is 1. The molecule has 2 aliphatic heterocycles. The zero-order chi connectivity index (χ0) is 25.8. The van der Waals surface area contributed by atoms with E-state index in [2.05, 4.69) is 22.0 Å². The average molecular weight is 515 g/mol. The number of anilines is 1. The van der Waals surface area contributed by atoms with Crippen molar-refractivity contribution in [1.29, 1.82) is 0 Å². The molecule has 1 amide bonds. The number of likely N-dealkylation sites (tertiary alicyclic amines) is 1. The predicted octanol–water partition coefficient (Wildman–Crippen LogP) is 0.703. The van der Waals surface area contributed by atoms with Crippen molar-refractivity contribution in [2.75, 3.05) is 25.0 Å². The number of sulfonamides is 1. The number of nitrogens with zero attached hydrogens (tertiary/aromatic N) is 2. The molecule has 12 heteroatoms. The van der Waals surface area contributed by atoms with Crippen LogP contribution in [-0.4, -0.2) is 68.0 Å². The number of carboxylic acid groups (broad SMARTS) is 1. The smallest absolute Gasteiger partial charge is 0.326 e. The average Bonchev–Trinajstić information content (AvgIpc) is 2.79. The molecule has 0 bridgehead atoms. The summed E-state index contributed by atoms with van der Waals surface area (Å²) in [4.78, 5) is 30.7. The monoisotopic (exact) mass is 514 g/mol. The highest BCUT2D eigenvalue weighted by atomic mass is 32.2. The largest absolute Gasteiger partial charge is 0.480 e. The van der Waals surface area contributed by atoms with E-state index in [0.29, 0.717) is 37.4 Å². The number of aliphatic carboxylic acids is 1. The number of rotatable bonds is 9. The predicted molar refractivity (Wildman–Crippen MR) is 133 cm³/mol. The van der Waals surface area contributed by atoms with Crippen LogP contribution in [-0.2, 0) is 26.0 Å². The lowest BCUT2D eigenvalue weighted by Crippen LogP contribution is -2.56. The third kappa shape index (κ3) is 6.63. The van der Waals surface area contributed by atoms with E-state index in [1.165, 1.54) is 11.0 Å². The van der Waals surface area contributed by atoms with Crippen LogP contribution in [0.3, 0.4) is 0 Å². The molecule has 1 unspecified atom stereocenters. The molecule has 0 spiro atoms. The summed E-state index contributed by atoms with van der Waals surface area (Å²) >= 11 is 0. The molecule has 1 aromatic rings. The standard InChI is InChI=1S/C23H36N6O5S/c1-14-8-10-29(18(12-14)22(31)32)21(30)17(6-4-9-26-23(24)25)28-35(33,34)19-7-3-5-16-11-15(2)13-27-20(16)19/h3,5,7,14-15,17-18,27-28H,4,6,8-13H2,1-2H3,(H,31,32)(H4,24,25,26)/t14-,15?,17+,18-/m1/s1/i3+1,5+1,7+1,16+1,19+1,20+1. The summed E-state index contributed by atoms with van der Waals surface area (Å²) in [6, 6.07) is 2.94. The number of carbonyl (C=O) groups excluding carboxylic acids is 1.